The van der Waals surface area contributed by atoms with E-state index in [0.717, 1.165) is 36.8 Å². The maximum absolute atomic E-state index is 13.0. The molecule has 0 bridgehead atoms. The molecule has 0 aliphatic heterocycles. The Morgan fingerprint density at radius 3 is 2.48 bits per heavy atom. The molecule has 2 aromatic carbocycles. The number of nitrogens with one attached hydrogen (secondary N) is 1. The molecular formula is C26H29ClN2O4. The molecule has 2 saturated carbocycles. The van der Waals surface area contributed by atoms with Gasteiger partial charge in [-0.3, -0.25) is 9.59 Å². The fourth-order valence-corrected chi connectivity index (χ4v) is 3.89. The van der Waals surface area contributed by atoms with E-state index in [1.165, 1.54) is 0 Å². The number of carbonyl (C=O) groups is 2. The van der Waals surface area contributed by atoms with E-state index in [4.69, 9.17) is 21.1 Å². The van der Waals surface area contributed by atoms with Gasteiger partial charge in [0.15, 0.2) is 11.5 Å². The van der Waals surface area contributed by atoms with E-state index in [1.807, 2.05) is 36.1 Å². The van der Waals surface area contributed by atoms with Crippen molar-refractivity contribution in [3.63, 3.8) is 0 Å². The highest BCUT2D eigenvalue weighted by Gasteiger charge is 2.31. The summed E-state index contributed by atoms with van der Waals surface area (Å²) in [7, 11) is 1.56. The molecule has 2 aromatic rings. The lowest BCUT2D eigenvalue weighted by molar-refractivity contribution is -0.127. The Balaban J connectivity index is 1.43. The van der Waals surface area contributed by atoms with E-state index in [-0.39, 0.29) is 17.9 Å². The van der Waals surface area contributed by atoms with Crippen LogP contribution in [0.5, 0.6) is 11.5 Å². The number of rotatable bonds is 10. The molecule has 2 amide bonds. The van der Waals surface area contributed by atoms with Gasteiger partial charge in [0.25, 0.3) is 5.91 Å². The van der Waals surface area contributed by atoms with Crippen LogP contribution >= 0.6 is 11.6 Å². The van der Waals surface area contributed by atoms with Crippen molar-refractivity contribution in [2.75, 3.05) is 13.7 Å². The summed E-state index contributed by atoms with van der Waals surface area (Å²) in [6.07, 6.45) is 7.44. The van der Waals surface area contributed by atoms with Crippen LogP contribution in [0.15, 0.2) is 42.5 Å². The molecule has 2 aliphatic rings. The first kappa shape index (κ1) is 23.2. The van der Waals surface area contributed by atoms with Gasteiger partial charge in [-0.2, -0.15) is 0 Å². The third-order valence-electron chi connectivity index (χ3n) is 5.71. The van der Waals surface area contributed by atoms with E-state index in [1.54, 1.807) is 31.4 Å². The summed E-state index contributed by atoms with van der Waals surface area (Å²) in [6, 6.07) is 11.6. The summed E-state index contributed by atoms with van der Waals surface area (Å²) < 4.78 is 10.9. The van der Waals surface area contributed by atoms with Gasteiger partial charge in [0, 0.05) is 30.3 Å². The number of methoxy groups -OCH3 is 1. The van der Waals surface area contributed by atoms with Gasteiger partial charge in [-0.1, -0.05) is 23.7 Å². The third-order valence-corrected chi connectivity index (χ3v) is 5.99. The molecule has 0 heterocycles. The van der Waals surface area contributed by atoms with Gasteiger partial charge in [0.2, 0.25) is 5.91 Å². The third kappa shape index (κ3) is 6.08. The molecule has 0 aromatic heterocycles. The summed E-state index contributed by atoms with van der Waals surface area (Å²) in [5, 5.41) is 3.43. The monoisotopic (exact) mass is 468 g/mol. The highest BCUT2D eigenvalue weighted by molar-refractivity contribution is 6.32. The van der Waals surface area contributed by atoms with Crippen molar-refractivity contribution in [3.05, 3.63) is 64.2 Å². The number of ether oxygens (including phenoxy) is 2. The van der Waals surface area contributed by atoms with Gasteiger partial charge in [-0.15, -0.1) is 0 Å². The molecule has 1 N–H and O–H groups in total. The van der Waals surface area contributed by atoms with Gasteiger partial charge in [0.1, 0.15) is 0 Å². The minimum Gasteiger partial charge on any atom is -0.493 e. The van der Waals surface area contributed by atoms with Crippen molar-refractivity contribution in [2.45, 2.75) is 51.2 Å². The average molecular weight is 469 g/mol. The smallest absolute Gasteiger partial charge is 0.251 e. The van der Waals surface area contributed by atoms with Crippen LogP contribution in [-0.2, 0) is 11.3 Å². The Kier molecular flexibility index (Phi) is 7.23. The Bertz CT molecular complexity index is 1040. The molecule has 174 valence electrons. The predicted molar refractivity (Wildman–Crippen MR) is 129 cm³/mol. The number of nitrogens with zero attached hydrogens (tertiary/aromatic N) is 1. The summed E-state index contributed by atoms with van der Waals surface area (Å²) in [5.41, 5.74) is 2.41. The fourth-order valence-electron chi connectivity index (χ4n) is 3.61. The van der Waals surface area contributed by atoms with Gasteiger partial charge >= 0.3 is 0 Å². The minimum atomic E-state index is -0.0583. The van der Waals surface area contributed by atoms with E-state index in [0.29, 0.717) is 41.3 Å². The number of benzene rings is 2. The molecule has 6 nitrogen and oxygen atoms in total. The summed E-state index contributed by atoms with van der Waals surface area (Å²) >= 11 is 6.34. The van der Waals surface area contributed by atoms with Gasteiger partial charge in [-0.25, -0.2) is 0 Å². The van der Waals surface area contributed by atoms with E-state index in [9.17, 15) is 9.59 Å². The maximum Gasteiger partial charge on any atom is 0.251 e. The maximum atomic E-state index is 13.0. The van der Waals surface area contributed by atoms with E-state index < -0.39 is 0 Å². The number of halogens is 1. The van der Waals surface area contributed by atoms with E-state index in [2.05, 4.69) is 5.32 Å². The van der Waals surface area contributed by atoms with Crippen LogP contribution in [-0.4, -0.2) is 42.5 Å². The van der Waals surface area contributed by atoms with Crippen LogP contribution in [0.25, 0.3) is 6.08 Å². The quantitative estimate of drug-likeness (QED) is 0.506. The number of hydrogen-bond acceptors (Lipinski definition) is 4. The molecule has 0 saturated heterocycles. The summed E-state index contributed by atoms with van der Waals surface area (Å²) in [4.78, 5) is 27.1. The fraction of sp³-hybridized carbons (Fsp3) is 0.385. The molecule has 7 heteroatoms. The molecule has 0 unspecified atom stereocenters. The molecule has 33 heavy (non-hydrogen) atoms. The van der Waals surface area contributed by atoms with Gasteiger partial charge in [0.05, 0.1) is 18.7 Å². The second-order valence-electron chi connectivity index (χ2n) is 8.44. The Labute approximate surface area is 199 Å². The number of amides is 2. The van der Waals surface area contributed by atoms with Crippen LogP contribution in [0, 0.1) is 0 Å². The van der Waals surface area contributed by atoms with Crippen molar-refractivity contribution in [3.8, 4) is 11.5 Å². The van der Waals surface area contributed by atoms with Crippen LogP contribution in [0.2, 0.25) is 5.02 Å². The standard InChI is InChI=1S/C26H29ClN2O4/c1-3-33-25-22(27)14-18(15-23(25)32-2)6-13-24(30)29(21-11-12-21)16-17-4-7-19(8-5-17)26(31)28-20-9-10-20/h4-8,13-15,20-21H,3,9-12,16H2,1-2H3,(H,28,31)/b13-6+. The molecule has 0 atom stereocenters. The lowest BCUT2D eigenvalue weighted by Gasteiger charge is -2.21. The SMILES string of the molecule is CCOc1c(Cl)cc(/C=C/C(=O)N(Cc2ccc(C(=O)NC3CC3)cc2)C2CC2)cc1OC. The minimum absolute atomic E-state index is 0.0356. The van der Waals surface area contributed by atoms with Crippen molar-refractivity contribution in [1.29, 1.82) is 0 Å². The van der Waals surface area contributed by atoms with Crippen LogP contribution in [0.3, 0.4) is 0 Å². The largest absolute Gasteiger partial charge is 0.493 e. The Hall–Kier alpha value is -2.99. The Morgan fingerprint density at radius 1 is 1.15 bits per heavy atom. The van der Waals surface area contributed by atoms with Crippen molar-refractivity contribution in [2.24, 2.45) is 0 Å². The lowest BCUT2D eigenvalue weighted by Crippen LogP contribution is -2.31. The zero-order chi connectivity index (χ0) is 23.4. The zero-order valence-corrected chi connectivity index (χ0v) is 19.7. The lowest BCUT2D eigenvalue weighted by atomic mass is 10.1. The van der Waals surface area contributed by atoms with Crippen molar-refractivity contribution in [1.82, 2.24) is 10.2 Å². The molecule has 4 rings (SSSR count). The second-order valence-corrected chi connectivity index (χ2v) is 8.85. The second kappa shape index (κ2) is 10.3. The van der Waals surface area contributed by atoms with Crippen LogP contribution in [0.1, 0.15) is 54.1 Å². The van der Waals surface area contributed by atoms with Crippen LogP contribution in [0.4, 0.5) is 0 Å². The predicted octanol–water partition coefficient (Wildman–Crippen LogP) is 4.84. The van der Waals surface area contributed by atoms with Gasteiger partial charge < -0.3 is 19.7 Å². The molecule has 2 fully saturated rings. The summed E-state index contributed by atoms with van der Waals surface area (Å²) in [5.74, 6) is 0.934. The summed E-state index contributed by atoms with van der Waals surface area (Å²) in [6.45, 7) is 2.86. The van der Waals surface area contributed by atoms with Crippen molar-refractivity contribution >= 4 is 29.5 Å². The van der Waals surface area contributed by atoms with Gasteiger partial charge in [-0.05, 0) is 74.1 Å². The van der Waals surface area contributed by atoms with Crippen LogP contribution < -0.4 is 14.8 Å². The first-order valence-corrected chi connectivity index (χ1v) is 11.7. The number of hydrogen-bond donors (Lipinski definition) is 1. The van der Waals surface area contributed by atoms with E-state index >= 15 is 0 Å². The molecule has 2 aliphatic carbocycles. The highest BCUT2D eigenvalue weighted by atomic mass is 35.5. The first-order chi connectivity index (χ1) is 16.0. The molecule has 0 spiro atoms. The Morgan fingerprint density at radius 2 is 1.88 bits per heavy atom. The topological polar surface area (TPSA) is 67.9 Å². The zero-order valence-electron chi connectivity index (χ0n) is 19.0. The van der Waals surface area contributed by atoms with Crippen molar-refractivity contribution < 1.29 is 19.1 Å². The normalized spacial score (nSPS) is 15.4. The molecule has 0 radical (unpaired) electrons. The first-order valence-electron chi connectivity index (χ1n) is 11.4. The highest BCUT2D eigenvalue weighted by Crippen LogP contribution is 2.37. The number of carbonyl (C=O) groups excluding carboxylic acids is 2. The average Bonchev–Trinajstić information content (AvgIpc) is 3.73. The molecular weight excluding hydrogens is 440 g/mol.